The van der Waals surface area contributed by atoms with Crippen LogP contribution in [0.4, 0.5) is 0 Å². The fraction of sp³-hybridized carbons (Fsp3) is 0.615. The predicted molar refractivity (Wildman–Crippen MR) is 75.7 cm³/mol. The minimum atomic E-state index is -0.592. The van der Waals surface area contributed by atoms with Crippen molar-refractivity contribution in [2.24, 2.45) is 11.7 Å². The molecule has 0 spiro atoms. The fourth-order valence-corrected chi connectivity index (χ4v) is 1.67. The van der Waals surface area contributed by atoms with Gasteiger partial charge in [-0.05, 0) is 12.8 Å². The van der Waals surface area contributed by atoms with Gasteiger partial charge in [-0.25, -0.2) is 4.98 Å². The van der Waals surface area contributed by atoms with Crippen LogP contribution in [0.1, 0.15) is 20.8 Å². The molecule has 4 N–H and O–H groups in total. The first-order valence-electron chi connectivity index (χ1n) is 6.68. The molecule has 7 nitrogen and oxygen atoms in total. The maximum atomic E-state index is 11.7. The highest BCUT2D eigenvalue weighted by Crippen LogP contribution is 1.97. The Hall–Kier alpha value is -1.89. The molecule has 2 atom stereocenters. The van der Waals surface area contributed by atoms with Crippen LogP contribution in [0.2, 0.25) is 0 Å². The van der Waals surface area contributed by atoms with Crippen molar-refractivity contribution < 1.29 is 9.59 Å². The zero-order valence-electron chi connectivity index (χ0n) is 12.2. The number of carbonyl (C=O) groups excluding carboxylic acids is 2. The Bertz CT molecular complexity index is 430. The van der Waals surface area contributed by atoms with Crippen molar-refractivity contribution in [1.29, 1.82) is 0 Å². The molecule has 1 aromatic rings. The SMILES string of the molecule is CC(Cn1ccnc1)NC(=O)CNC(=O)[C@@H](N)C(C)C. The molecule has 0 radical (unpaired) electrons. The van der Waals surface area contributed by atoms with Gasteiger partial charge in [0.25, 0.3) is 0 Å². The molecule has 1 rings (SSSR count). The highest BCUT2D eigenvalue weighted by atomic mass is 16.2. The molecule has 0 fully saturated rings. The van der Waals surface area contributed by atoms with Gasteiger partial charge in [-0.1, -0.05) is 13.8 Å². The summed E-state index contributed by atoms with van der Waals surface area (Å²) >= 11 is 0. The van der Waals surface area contributed by atoms with Crippen molar-refractivity contribution in [3.8, 4) is 0 Å². The summed E-state index contributed by atoms with van der Waals surface area (Å²) < 4.78 is 1.87. The number of carbonyl (C=O) groups is 2. The summed E-state index contributed by atoms with van der Waals surface area (Å²) in [6.45, 7) is 6.17. The van der Waals surface area contributed by atoms with Gasteiger partial charge in [0.15, 0.2) is 0 Å². The van der Waals surface area contributed by atoms with Gasteiger partial charge >= 0.3 is 0 Å². The maximum absolute atomic E-state index is 11.7. The lowest BCUT2D eigenvalue weighted by Gasteiger charge is -2.17. The molecule has 0 aliphatic carbocycles. The van der Waals surface area contributed by atoms with E-state index in [2.05, 4.69) is 15.6 Å². The van der Waals surface area contributed by atoms with Crippen molar-refractivity contribution in [3.05, 3.63) is 18.7 Å². The second-order valence-corrected chi connectivity index (χ2v) is 5.22. The van der Waals surface area contributed by atoms with Gasteiger partial charge in [-0.15, -0.1) is 0 Å². The van der Waals surface area contributed by atoms with Gasteiger partial charge in [-0.2, -0.15) is 0 Å². The molecule has 1 aromatic heterocycles. The molecule has 0 aliphatic rings. The van der Waals surface area contributed by atoms with E-state index in [0.717, 1.165) is 0 Å². The number of nitrogens with two attached hydrogens (primary N) is 1. The topological polar surface area (TPSA) is 102 Å². The van der Waals surface area contributed by atoms with E-state index < -0.39 is 6.04 Å². The highest BCUT2D eigenvalue weighted by Gasteiger charge is 2.17. The Morgan fingerprint density at radius 1 is 1.35 bits per heavy atom. The summed E-state index contributed by atoms with van der Waals surface area (Å²) in [7, 11) is 0. The van der Waals surface area contributed by atoms with Crippen molar-refractivity contribution in [1.82, 2.24) is 20.2 Å². The highest BCUT2D eigenvalue weighted by molar-refractivity contribution is 5.87. The summed E-state index contributed by atoms with van der Waals surface area (Å²) in [5, 5.41) is 5.33. The zero-order chi connectivity index (χ0) is 15.1. The Morgan fingerprint density at radius 3 is 2.60 bits per heavy atom. The molecule has 1 heterocycles. The minimum Gasteiger partial charge on any atom is -0.350 e. The van der Waals surface area contributed by atoms with Crippen LogP contribution in [0.25, 0.3) is 0 Å². The van der Waals surface area contributed by atoms with Crippen molar-refractivity contribution in [2.45, 2.75) is 39.4 Å². The lowest BCUT2D eigenvalue weighted by molar-refractivity contribution is -0.127. The molecule has 0 saturated carbocycles. The first kappa shape index (κ1) is 16.2. The number of nitrogens with one attached hydrogen (secondary N) is 2. The van der Waals surface area contributed by atoms with Crippen LogP contribution in [0.3, 0.4) is 0 Å². The molecule has 2 amide bonds. The van der Waals surface area contributed by atoms with E-state index in [0.29, 0.717) is 6.54 Å². The molecule has 0 aliphatic heterocycles. The quantitative estimate of drug-likeness (QED) is 0.626. The third-order valence-corrected chi connectivity index (χ3v) is 2.90. The van der Waals surface area contributed by atoms with Crippen molar-refractivity contribution >= 4 is 11.8 Å². The largest absolute Gasteiger partial charge is 0.350 e. The Morgan fingerprint density at radius 2 is 2.05 bits per heavy atom. The molecular weight excluding hydrogens is 258 g/mol. The van der Waals surface area contributed by atoms with Gasteiger partial charge in [0.1, 0.15) is 0 Å². The summed E-state index contributed by atoms with van der Waals surface area (Å²) in [6.07, 6.45) is 5.19. The number of amides is 2. The van der Waals surface area contributed by atoms with E-state index in [9.17, 15) is 9.59 Å². The van der Waals surface area contributed by atoms with Crippen LogP contribution in [0.15, 0.2) is 18.7 Å². The van der Waals surface area contributed by atoms with E-state index >= 15 is 0 Å². The number of imidazole rings is 1. The summed E-state index contributed by atoms with van der Waals surface area (Å²) in [5.74, 6) is -0.502. The molecule has 0 bridgehead atoms. The molecule has 7 heteroatoms. The van der Waals surface area contributed by atoms with Gasteiger partial charge in [0.2, 0.25) is 11.8 Å². The first-order chi connectivity index (χ1) is 9.40. The monoisotopic (exact) mass is 281 g/mol. The molecule has 0 saturated heterocycles. The van der Waals surface area contributed by atoms with E-state index in [4.69, 9.17) is 5.73 Å². The van der Waals surface area contributed by atoms with Gasteiger partial charge in [0, 0.05) is 25.0 Å². The average molecular weight is 281 g/mol. The number of hydrogen-bond donors (Lipinski definition) is 3. The Kier molecular flexibility index (Phi) is 6.17. The van der Waals surface area contributed by atoms with Crippen LogP contribution in [-0.2, 0) is 16.1 Å². The third-order valence-electron chi connectivity index (χ3n) is 2.90. The smallest absolute Gasteiger partial charge is 0.239 e. The summed E-state index contributed by atoms with van der Waals surface area (Å²) in [6, 6.07) is -0.640. The number of rotatable bonds is 7. The van der Waals surface area contributed by atoms with Crippen molar-refractivity contribution in [3.63, 3.8) is 0 Å². The number of aromatic nitrogens is 2. The van der Waals surface area contributed by atoms with E-state index in [1.54, 1.807) is 12.5 Å². The lowest BCUT2D eigenvalue weighted by Crippen LogP contribution is -2.48. The zero-order valence-corrected chi connectivity index (χ0v) is 12.2. The third kappa shape index (κ3) is 5.40. The molecular formula is C13H23N5O2. The van der Waals surface area contributed by atoms with Crippen molar-refractivity contribution in [2.75, 3.05) is 6.54 Å². The van der Waals surface area contributed by atoms with Crippen LogP contribution in [0, 0.1) is 5.92 Å². The fourth-order valence-electron chi connectivity index (χ4n) is 1.67. The summed E-state index contributed by atoms with van der Waals surface area (Å²) in [4.78, 5) is 27.2. The first-order valence-corrected chi connectivity index (χ1v) is 6.68. The molecule has 20 heavy (non-hydrogen) atoms. The molecule has 112 valence electrons. The predicted octanol–water partition coefficient (Wildman–Crippen LogP) is -0.513. The van der Waals surface area contributed by atoms with Crippen LogP contribution < -0.4 is 16.4 Å². The average Bonchev–Trinajstić information content (AvgIpc) is 2.87. The maximum Gasteiger partial charge on any atom is 0.239 e. The van der Waals surface area contributed by atoms with Crippen LogP contribution in [-0.4, -0.2) is 40.0 Å². The lowest BCUT2D eigenvalue weighted by atomic mass is 10.1. The van der Waals surface area contributed by atoms with Crippen LogP contribution >= 0.6 is 0 Å². The van der Waals surface area contributed by atoms with E-state index in [-0.39, 0.29) is 30.3 Å². The number of hydrogen-bond acceptors (Lipinski definition) is 4. The number of nitrogens with zero attached hydrogens (tertiary/aromatic N) is 2. The minimum absolute atomic E-state index is 0.0400. The normalized spacial score (nSPS) is 13.8. The van der Waals surface area contributed by atoms with E-state index in [1.807, 2.05) is 31.5 Å². The second kappa shape index (κ2) is 7.64. The standard InChI is InChI=1S/C13H23N5O2/c1-9(2)12(14)13(20)16-6-11(19)17-10(3)7-18-5-4-15-8-18/h4-5,8-10,12H,6-7,14H2,1-3H3,(H,16,20)(H,17,19)/t10?,12-/m0/s1. The second-order valence-electron chi connectivity index (χ2n) is 5.22. The Balaban J connectivity index is 2.28. The van der Waals surface area contributed by atoms with Gasteiger partial charge in [0.05, 0.1) is 18.9 Å². The van der Waals surface area contributed by atoms with Crippen LogP contribution in [0.5, 0.6) is 0 Å². The molecule has 0 aromatic carbocycles. The van der Waals surface area contributed by atoms with E-state index in [1.165, 1.54) is 0 Å². The van der Waals surface area contributed by atoms with Gasteiger partial charge in [-0.3, -0.25) is 9.59 Å². The Labute approximate surface area is 118 Å². The molecule has 1 unspecified atom stereocenters. The summed E-state index contributed by atoms with van der Waals surface area (Å²) in [5.41, 5.74) is 5.68. The van der Waals surface area contributed by atoms with Gasteiger partial charge < -0.3 is 20.9 Å².